The van der Waals surface area contributed by atoms with E-state index in [1.54, 1.807) is 12.1 Å². The molecule has 0 spiro atoms. The summed E-state index contributed by atoms with van der Waals surface area (Å²) in [6, 6.07) is 11.2. The molecule has 0 amide bonds. The Morgan fingerprint density at radius 2 is 1.90 bits per heavy atom. The zero-order valence-corrected chi connectivity index (χ0v) is 12.3. The van der Waals surface area contributed by atoms with Crippen LogP contribution in [0.3, 0.4) is 0 Å². The molecule has 0 aliphatic heterocycles. The van der Waals surface area contributed by atoms with Gasteiger partial charge in [0.1, 0.15) is 20.9 Å². The fraction of sp³-hybridized carbons (Fsp3) is 0.154. The van der Waals surface area contributed by atoms with Crippen LogP contribution >= 0.6 is 11.3 Å². The van der Waals surface area contributed by atoms with Crippen molar-refractivity contribution in [3.63, 3.8) is 0 Å². The molecule has 0 fully saturated rings. The molecule has 2 aromatic rings. The molecule has 2 rings (SSSR count). The number of rotatable bonds is 4. The molecule has 7 heteroatoms. The number of phenolic OH excluding ortho intramolecular Hbond substituents is 1. The molecular weight excluding hydrogens is 296 g/mol. The van der Waals surface area contributed by atoms with Gasteiger partial charge in [0.05, 0.1) is 0 Å². The smallest absolute Gasteiger partial charge is 0.252 e. The normalized spacial score (nSPS) is 11.4. The highest BCUT2D eigenvalue weighted by atomic mass is 32.2. The molecule has 0 aliphatic carbocycles. The molecule has 0 saturated carbocycles. The van der Waals surface area contributed by atoms with Gasteiger partial charge in [0.15, 0.2) is 0 Å². The summed E-state index contributed by atoms with van der Waals surface area (Å²) in [5, 5.41) is 17.9. The molecule has 0 aliphatic rings. The number of aromatic hydroxyl groups is 1. The lowest BCUT2D eigenvalue weighted by Crippen LogP contribution is -2.25. The highest BCUT2D eigenvalue weighted by molar-refractivity contribution is 7.91. The Labute approximate surface area is 121 Å². The quantitative estimate of drug-likeness (QED) is 0.938. The Bertz CT molecular complexity index is 743. The maximum absolute atomic E-state index is 12.3. The van der Waals surface area contributed by atoms with Crippen LogP contribution in [0.2, 0.25) is 0 Å². The van der Waals surface area contributed by atoms with E-state index in [0.717, 1.165) is 16.9 Å². The molecular formula is C13H12N2O3S2. The molecule has 1 aromatic heterocycles. The van der Waals surface area contributed by atoms with Gasteiger partial charge in [-0.3, -0.25) is 0 Å². The van der Waals surface area contributed by atoms with Crippen LogP contribution in [0.5, 0.6) is 5.75 Å². The van der Waals surface area contributed by atoms with E-state index in [1.165, 1.54) is 35.6 Å². The van der Waals surface area contributed by atoms with E-state index in [1.807, 2.05) is 6.07 Å². The Hall–Kier alpha value is -1.88. The monoisotopic (exact) mass is 308 g/mol. The minimum absolute atomic E-state index is 0.135. The van der Waals surface area contributed by atoms with Gasteiger partial charge in [-0.15, -0.1) is 11.3 Å². The zero-order chi connectivity index (χ0) is 14.8. The minimum atomic E-state index is -3.60. The van der Waals surface area contributed by atoms with E-state index in [-0.39, 0.29) is 16.5 Å². The van der Waals surface area contributed by atoms with Crippen molar-refractivity contribution in [2.45, 2.75) is 10.8 Å². The predicted octanol–water partition coefficient (Wildman–Crippen LogP) is 2.15. The van der Waals surface area contributed by atoms with Gasteiger partial charge in [-0.2, -0.15) is 9.57 Å². The second-order valence-corrected chi connectivity index (χ2v) is 7.51. The summed E-state index contributed by atoms with van der Waals surface area (Å²) >= 11 is 0.950. The maximum atomic E-state index is 12.3. The third-order valence-electron chi connectivity index (χ3n) is 2.70. The third kappa shape index (κ3) is 2.99. The van der Waals surface area contributed by atoms with Crippen molar-refractivity contribution in [2.75, 3.05) is 7.05 Å². The van der Waals surface area contributed by atoms with Crippen LogP contribution in [0.15, 0.2) is 40.6 Å². The van der Waals surface area contributed by atoms with Gasteiger partial charge in [0.2, 0.25) is 0 Å². The maximum Gasteiger partial charge on any atom is 0.252 e. The summed E-state index contributed by atoms with van der Waals surface area (Å²) in [6.45, 7) is 0.197. The van der Waals surface area contributed by atoms with Crippen LogP contribution in [-0.4, -0.2) is 24.9 Å². The number of sulfonamides is 1. The summed E-state index contributed by atoms with van der Waals surface area (Å²) in [4.78, 5) is 0.363. The average Bonchev–Trinajstić information content (AvgIpc) is 2.90. The average molecular weight is 308 g/mol. The minimum Gasteiger partial charge on any atom is -0.508 e. The topological polar surface area (TPSA) is 81.4 Å². The van der Waals surface area contributed by atoms with E-state index < -0.39 is 10.0 Å². The van der Waals surface area contributed by atoms with E-state index in [4.69, 9.17) is 5.26 Å². The summed E-state index contributed by atoms with van der Waals surface area (Å²) < 4.78 is 26.0. The lowest BCUT2D eigenvalue weighted by atomic mass is 10.2. The van der Waals surface area contributed by atoms with Gasteiger partial charge < -0.3 is 5.11 Å². The van der Waals surface area contributed by atoms with Crippen molar-refractivity contribution >= 4 is 21.4 Å². The molecule has 0 atom stereocenters. The van der Waals surface area contributed by atoms with Gasteiger partial charge in [-0.1, -0.05) is 12.1 Å². The largest absolute Gasteiger partial charge is 0.508 e. The number of nitriles is 1. The zero-order valence-electron chi connectivity index (χ0n) is 10.6. The van der Waals surface area contributed by atoms with Gasteiger partial charge >= 0.3 is 0 Å². The molecule has 20 heavy (non-hydrogen) atoms. The fourth-order valence-electron chi connectivity index (χ4n) is 1.62. The SMILES string of the molecule is CN(Cc1ccc(O)cc1)S(=O)(=O)c1ccc(C#N)s1. The van der Waals surface area contributed by atoms with Gasteiger partial charge in [-0.25, -0.2) is 8.42 Å². The van der Waals surface area contributed by atoms with Crippen molar-refractivity contribution in [3.05, 3.63) is 46.8 Å². The molecule has 104 valence electrons. The second-order valence-electron chi connectivity index (χ2n) is 4.16. The molecule has 5 nitrogen and oxygen atoms in total. The standard InChI is InChI=1S/C13H12N2O3S2/c1-15(9-10-2-4-11(16)5-3-10)20(17,18)13-7-6-12(8-14)19-13/h2-7,16H,9H2,1H3. The van der Waals surface area contributed by atoms with Crippen LogP contribution in [0.4, 0.5) is 0 Å². The first kappa shape index (κ1) is 14.5. The summed E-state index contributed by atoms with van der Waals surface area (Å²) in [5.74, 6) is 0.135. The van der Waals surface area contributed by atoms with Crippen molar-refractivity contribution in [1.82, 2.24) is 4.31 Å². The van der Waals surface area contributed by atoms with E-state index >= 15 is 0 Å². The van der Waals surface area contributed by atoms with Crippen molar-refractivity contribution in [2.24, 2.45) is 0 Å². The van der Waals surface area contributed by atoms with Crippen LogP contribution in [0, 0.1) is 11.3 Å². The van der Waals surface area contributed by atoms with Gasteiger partial charge in [-0.05, 0) is 29.8 Å². The molecule has 1 heterocycles. The third-order valence-corrected chi connectivity index (χ3v) is 5.96. The first-order valence-electron chi connectivity index (χ1n) is 5.67. The predicted molar refractivity (Wildman–Crippen MR) is 75.8 cm³/mol. The van der Waals surface area contributed by atoms with Gasteiger partial charge in [0.25, 0.3) is 10.0 Å². The van der Waals surface area contributed by atoms with E-state index in [9.17, 15) is 13.5 Å². The first-order valence-corrected chi connectivity index (χ1v) is 7.93. The van der Waals surface area contributed by atoms with Crippen LogP contribution < -0.4 is 0 Å². The Kier molecular flexibility index (Phi) is 4.09. The Balaban J connectivity index is 2.21. The van der Waals surface area contributed by atoms with E-state index in [2.05, 4.69) is 0 Å². The molecule has 1 aromatic carbocycles. The lowest BCUT2D eigenvalue weighted by Gasteiger charge is -2.16. The highest BCUT2D eigenvalue weighted by Gasteiger charge is 2.22. The summed E-state index contributed by atoms with van der Waals surface area (Å²) in [7, 11) is -2.12. The Morgan fingerprint density at radius 1 is 1.25 bits per heavy atom. The number of hydrogen-bond acceptors (Lipinski definition) is 5. The van der Waals surface area contributed by atoms with Crippen molar-refractivity contribution in [3.8, 4) is 11.8 Å². The fourth-order valence-corrected chi connectivity index (χ4v) is 4.09. The number of thiophene rings is 1. The summed E-state index contributed by atoms with van der Waals surface area (Å²) in [5.41, 5.74) is 0.769. The van der Waals surface area contributed by atoms with Crippen molar-refractivity contribution in [1.29, 1.82) is 5.26 Å². The highest BCUT2D eigenvalue weighted by Crippen LogP contribution is 2.24. The second kappa shape index (κ2) is 5.63. The van der Waals surface area contributed by atoms with Crippen LogP contribution in [0.25, 0.3) is 0 Å². The molecule has 0 radical (unpaired) electrons. The lowest BCUT2D eigenvalue weighted by molar-refractivity contribution is 0.465. The van der Waals surface area contributed by atoms with Gasteiger partial charge in [0, 0.05) is 13.6 Å². The van der Waals surface area contributed by atoms with Crippen molar-refractivity contribution < 1.29 is 13.5 Å². The summed E-state index contributed by atoms with van der Waals surface area (Å²) in [6.07, 6.45) is 0. The molecule has 0 saturated heterocycles. The number of nitrogens with zero attached hydrogens (tertiary/aromatic N) is 2. The van der Waals surface area contributed by atoms with E-state index in [0.29, 0.717) is 4.88 Å². The number of benzene rings is 1. The molecule has 0 bridgehead atoms. The number of phenols is 1. The van der Waals surface area contributed by atoms with Crippen LogP contribution in [0.1, 0.15) is 10.4 Å². The van der Waals surface area contributed by atoms with Crippen LogP contribution in [-0.2, 0) is 16.6 Å². The number of hydrogen-bond donors (Lipinski definition) is 1. The Morgan fingerprint density at radius 3 is 2.45 bits per heavy atom. The first-order chi connectivity index (χ1) is 9.43. The molecule has 1 N–H and O–H groups in total. The molecule has 0 unspecified atom stereocenters.